The topological polar surface area (TPSA) is 75.3 Å². The molecule has 0 atom stereocenters. The summed E-state index contributed by atoms with van der Waals surface area (Å²) in [5.74, 6) is -0.287. The van der Waals surface area contributed by atoms with Crippen LogP contribution in [0, 0.1) is 5.82 Å². The number of anilines is 2. The highest BCUT2D eigenvalue weighted by atomic mass is 32.2. The van der Waals surface area contributed by atoms with Crippen LogP contribution in [0.15, 0.2) is 53.4 Å². The third-order valence-electron chi connectivity index (χ3n) is 2.82. The van der Waals surface area contributed by atoms with Crippen LogP contribution in [-0.2, 0) is 14.8 Å². The fraction of sp³-hybridized carbons (Fsp3) is 0.133. The number of carbonyl (C=O) groups excluding carboxylic acids is 1. The van der Waals surface area contributed by atoms with Crippen molar-refractivity contribution >= 4 is 39.1 Å². The minimum atomic E-state index is -3.78. The SMILES string of the molecule is CSCC(=O)Nc1ccc(NS(=O)(=O)c2ccc(F)cc2)cc1. The van der Waals surface area contributed by atoms with Gasteiger partial charge in [0.15, 0.2) is 0 Å². The van der Waals surface area contributed by atoms with Crippen LogP contribution in [0.2, 0.25) is 0 Å². The Morgan fingerprint density at radius 3 is 2.17 bits per heavy atom. The summed E-state index contributed by atoms with van der Waals surface area (Å²) in [4.78, 5) is 11.4. The molecule has 2 aromatic carbocycles. The molecular weight excluding hydrogens is 339 g/mol. The number of hydrogen-bond donors (Lipinski definition) is 2. The summed E-state index contributed by atoms with van der Waals surface area (Å²) >= 11 is 1.41. The molecule has 8 heteroatoms. The van der Waals surface area contributed by atoms with Gasteiger partial charge in [-0.25, -0.2) is 12.8 Å². The van der Waals surface area contributed by atoms with Crippen molar-refractivity contribution in [1.82, 2.24) is 0 Å². The maximum absolute atomic E-state index is 12.9. The lowest BCUT2D eigenvalue weighted by molar-refractivity contribution is -0.113. The van der Waals surface area contributed by atoms with Gasteiger partial charge in [-0.15, -0.1) is 0 Å². The van der Waals surface area contributed by atoms with E-state index in [1.807, 2.05) is 6.26 Å². The van der Waals surface area contributed by atoms with Crippen LogP contribution in [0.1, 0.15) is 0 Å². The zero-order valence-corrected chi connectivity index (χ0v) is 13.9. The van der Waals surface area contributed by atoms with E-state index < -0.39 is 15.8 Å². The second-order valence-corrected chi connectivity index (χ2v) is 7.17. The van der Waals surface area contributed by atoms with Crippen LogP contribution < -0.4 is 10.0 Å². The molecule has 0 unspecified atom stereocenters. The minimum Gasteiger partial charge on any atom is -0.325 e. The first-order valence-electron chi connectivity index (χ1n) is 6.58. The summed E-state index contributed by atoms with van der Waals surface area (Å²) < 4.78 is 39.6. The molecule has 0 saturated heterocycles. The van der Waals surface area contributed by atoms with E-state index >= 15 is 0 Å². The molecule has 0 saturated carbocycles. The largest absolute Gasteiger partial charge is 0.325 e. The van der Waals surface area contributed by atoms with Gasteiger partial charge in [0, 0.05) is 11.4 Å². The van der Waals surface area contributed by atoms with Crippen molar-refractivity contribution in [1.29, 1.82) is 0 Å². The normalized spacial score (nSPS) is 11.0. The van der Waals surface area contributed by atoms with Crippen molar-refractivity contribution in [2.45, 2.75) is 4.90 Å². The van der Waals surface area contributed by atoms with E-state index in [0.29, 0.717) is 17.1 Å². The van der Waals surface area contributed by atoms with Crippen molar-refractivity contribution < 1.29 is 17.6 Å². The van der Waals surface area contributed by atoms with Crippen LogP contribution in [-0.4, -0.2) is 26.3 Å². The van der Waals surface area contributed by atoms with Gasteiger partial charge in [0.2, 0.25) is 5.91 Å². The van der Waals surface area contributed by atoms with E-state index in [2.05, 4.69) is 10.0 Å². The molecule has 23 heavy (non-hydrogen) atoms. The van der Waals surface area contributed by atoms with Crippen LogP contribution in [0.4, 0.5) is 15.8 Å². The van der Waals surface area contributed by atoms with Gasteiger partial charge in [0.1, 0.15) is 5.82 Å². The highest BCUT2D eigenvalue weighted by molar-refractivity contribution is 7.99. The Balaban J connectivity index is 2.08. The quantitative estimate of drug-likeness (QED) is 0.836. The summed E-state index contributed by atoms with van der Waals surface area (Å²) in [5.41, 5.74) is 0.922. The highest BCUT2D eigenvalue weighted by Gasteiger charge is 2.14. The molecule has 0 aliphatic carbocycles. The first-order chi connectivity index (χ1) is 10.9. The molecule has 2 aromatic rings. The molecule has 0 radical (unpaired) electrons. The number of amides is 1. The zero-order valence-electron chi connectivity index (χ0n) is 12.2. The number of carbonyl (C=O) groups is 1. The van der Waals surface area contributed by atoms with Gasteiger partial charge in [-0.1, -0.05) is 0 Å². The van der Waals surface area contributed by atoms with Crippen LogP contribution in [0.5, 0.6) is 0 Å². The third-order valence-corrected chi connectivity index (χ3v) is 4.77. The molecule has 0 bridgehead atoms. The number of rotatable bonds is 6. The molecule has 0 spiro atoms. The van der Waals surface area contributed by atoms with Crippen molar-refractivity contribution in [3.63, 3.8) is 0 Å². The van der Waals surface area contributed by atoms with Gasteiger partial charge in [-0.3, -0.25) is 9.52 Å². The minimum absolute atomic E-state index is 0.0313. The maximum Gasteiger partial charge on any atom is 0.261 e. The van der Waals surface area contributed by atoms with Gasteiger partial charge in [-0.05, 0) is 54.8 Å². The smallest absolute Gasteiger partial charge is 0.261 e. The molecule has 0 aliphatic rings. The summed E-state index contributed by atoms with van der Waals surface area (Å²) in [6.07, 6.45) is 1.83. The second-order valence-electron chi connectivity index (χ2n) is 4.62. The van der Waals surface area contributed by atoms with E-state index in [1.54, 1.807) is 12.1 Å². The van der Waals surface area contributed by atoms with Gasteiger partial charge >= 0.3 is 0 Å². The second kappa shape index (κ2) is 7.47. The number of hydrogen-bond acceptors (Lipinski definition) is 4. The van der Waals surface area contributed by atoms with Gasteiger partial charge in [0.05, 0.1) is 10.6 Å². The Labute approximate surface area is 138 Å². The van der Waals surface area contributed by atoms with E-state index in [9.17, 15) is 17.6 Å². The molecule has 2 rings (SSSR count). The highest BCUT2D eigenvalue weighted by Crippen LogP contribution is 2.18. The Morgan fingerprint density at radius 1 is 1.04 bits per heavy atom. The summed E-state index contributed by atoms with van der Waals surface area (Å²) in [5, 5.41) is 2.69. The Bertz CT molecular complexity index is 775. The zero-order chi connectivity index (χ0) is 16.9. The van der Waals surface area contributed by atoms with E-state index in [1.165, 1.54) is 36.0 Å². The molecule has 0 heterocycles. The predicted octanol–water partition coefficient (Wildman–Crippen LogP) is 2.93. The number of benzene rings is 2. The monoisotopic (exact) mass is 354 g/mol. The maximum atomic E-state index is 12.9. The standard InChI is InChI=1S/C15H15FN2O3S2/c1-22-10-15(19)17-12-4-6-13(7-5-12)18-23(20,21)14-8-2-11(16)3-9-14/h2-9,18H,10H2,1H3,(H,17,19). The first kappa shape index (κ1) is 17.3. The first-order valence-corrected chi connectivity index (χ1v) is 9.45. The fourth-order valence-electron chi connectivity index (χ4n) is 1.78. The van der Waals surface area contributed by atoms with Gasteiger partial charge in [0.25, 0.3) is 10.0 Å². The van der Waals surface area contributed by atoms with Gasteiger partial charge in [-0.2, -0.15) is 11.8 Å². The number of nitrogens with one attached hydrogen (secondary N) is 2. The van der Waals surface area contributed by atoms with Crippen molar-refractivity contribution in [3.8, 4) is 0 Å². The average molecular weight is 354 g/mol. The van der Waals surface area contributed by atoms with E-state index in [4.69, 9.17) is 0 Å². The summed E-state index contributed by atoms with van der Waals surface area (Å²) in [6, 6.07) is 10.8. The van der Waals surface area contributed by atoms with Crippen LogP contribution in [0.25, 0.3) is 0 Å². The molecule has 2 N–H and O–H groups in total. The Kier molecular flexibility index (Phi) is 5.62. The molecular formula is C15H15FN2O3S2. The van der Waals surface area contributed by atoms with Crippen LogP contribution in [0.3, 0.4) is 0 Å². The third kappa shape index (κ3) is 4.97. The Hall–Kier alpha value is -2.06. The van der Waals surface area contributed by atoms with Crippen molar-refractivity contribution in [3.05, 3.63) is 54.3 Å². The molecule has 1 amide bonds. The predicted molar refractivity (Wildman–Crippen MR) is 90.7 cm³/mol. The number of thioether (sulfide) groups is 1. The molecule has 5 nitrogen and oxygen atoms in total. The lowest BCUT2D eigenvalue weighted by atomic mass is 10.3. The molecule has 122 valence electrons. The van der Waals surface area contributed by atoms with Crippen LogP contribution >= 0.6 is 11.8 Å². The Morgan fingerprint density at radius 2 is 1.61 bits per heavy atom. The lowest BCUT2D eigenvalue weighted by Crippen LogP contribution is -2.14. The summed E-state index contributed by atoms with van der Waals surface area (Å²) in [6.45, 7) is 0. The van der Waals surface area contributed by atoms with E-state index in [-0.39, 0.29) is 10.8 Å². The van der Waals surface area contributed by atoms with Crippen molar-refractivity contribution in [2.24, 2.45) is 0 Å². The number of halogens is 1. The molecule has 0 aliphatic heterocycles. The molecule has 0 aromatic heterocycles. The lowest BCUT2D eigenvalue weighted by Gasteiger charge is -2.09. The summed E-state index contributed by atoms with van der Waals surface area (Å²) in [7, 11) is -3.78. The van der Waals surface area contributed by atoms with Crippen molar-refractivity contribution in [2.75, 3.05) is 22.0 Å². The number of sulfonamides is 1. The van der Waals surface area contributed by atoms with Gasteiger partial charge < -0.3 is 5.32 Å². The average Bonchev–Trinajstić information content (AvgIpc) is 2.50. The van der Waals surface area contributed by atoms with E-state index in [0.717, 1.165) is 12.1 Å². The molecule has 0 fully saturated rings. The fourth-order valence-corrected chi connectivity index (χ4v) is 3.17.